The molecule has 3 nitrogen and oxygen atoms in total. The number of hydrogen-bond donors (Lipinski definition) is 2. The van der Waals surface area contributed by atoms with Gasteiger partial charge in [0.1, 0.15) is 0 Å². The molecule has 19 heavy (non-hydrogen) atoms. The largest absolute Gasteiger partial charge is 0.350 e. The van der Waals surface area contributed by atoms with E-state index in [1.165, 1.54) is 12.8 Å². The summed E-state index contributed by atoms with van der Waals surface area (Å²) in [5.74, 6) is -0.139. The van der Waals surface area contributed by atoms with E-state index >= 15 is 0 Å². The molecule has 0 unspecified atom stereocenters. The normalized spacial score (nSPS) is 18.6. The third kappa shape index (κ3) is 3.95. The maximum absolute atomic E-state index is 12.1. The predicted octanol–water partition coefficient (Wildman–Crippen LogP) is 3.12. The van der Waals surface area contributed by atoms with Gasteiger partial charge >= 0.3 is 0 Å². The van der Waals surface area contributed by atoms with Gasteiger partial charge in [-0.25, -0.2) is 0 Å². The fourth-order valence-electron chi connectivity index (χ4n) is 2.61. The number of carbonyl (C=O) groups excluding carboxylic acids is 1. The Morgan fingerprint density at radius 2 is 1.84 bits per heavy atom. The first kappa shape index (κ1) is 14.4. The molecule has 0 aliphatic heterocycles. The third-order valence-electron chi connectivity index (χ3n) is 3.82. The smallest absolute Gasteiger partial charge is 0.252 e. The molecule has 0 heterocycles. The van der Waals surface area contributed by atoms with Crippen molar-refractivity contribution in [2.45, 2.75) is 44.1 Å². The Bertz CT molecular complexity index is 440. The van der Waals surface area contributed by atoms with E-state index in [1.807, 2.05) is 12.1 Å². The summed E-state index contributed by atoms with van der Waals surface area (Å²) in [6.07, 6.45) is 6.76. The first-order valence-corrected chi connectivity index (χ1v) is 7.30. The van der Waals surface area contributed by atoms with E-state index in [0.29, 0.717) is 17.1 Å². The second-order valence-electron chi connectivity index (χ2n) is 5.44. The van der Waals surface area contributed by atoms with Crippen molar-refractivity contribution in [3.05, 3.63) is 34.9 Å². The molecule has 4 heteroatoms. The maximum atomic E-state index is 12.1. The molecule has 1 aliphatic carbocycles. The summed E-state index contributed by atoms with van der Waals surface area (Å²) in [7, 11) is 0. The highest BCUT2D eigenvalue weighted by Crippen LogP contribution is 2.24. The lowest BCUT2D eigenvalue weighted by atomic mass is 9.91. The zero-order valence-corrected chi connectivity index (χ0v) is 11.9. The predicted molar refractivity (Wildman–Crippen MR) is 78.4 cm³/mol. The molecule has 0 spiro atoms. The minimum atomic E-state index is -0.257. The standard InChI is InChI=1S/C15H21ClN2O/c16-13-8-4-3-7-12(13)14(19)18-11-15(17)9-5-1-2-6-10-15/h3-4,7-8H,1-2,5-6,9-11,17H2,(H,18,19). The molecule has 0 bridgehead atoms. The van der Waals surface area contributed by atoms with Gasteiger partial charge in [-0.05, 0) is 25.0 Å². The van der Waals surface area contributed by atoms with Gasteiger partial charge in [0.05, 0.1) is 10.6 Å². The van der Waals surface area contributed by atoms with E-state index in [9.17, 15) is 4.79 Å². The number of nitrogens with one attached hydrogen (secondary N) is 1. The molecule has 104 valence electrons. The number of amides is 1. The highest BCUT2D eigenvalue weighted by molar-refractivity contribution is 6.33. The van der Waals surface area contributed by atoms with Gasteiger partial charge in [-0.3, -0.25) is 4.79 Å². The van der Waals surface area contributed by atoms with E-state index < -0.39 is 0 Å². The maximum Gasteiger partial charge on any atom is 0.252 e. The van der Waals surface area contributed by atoms with E-state index in [1.54, 1.807) is 12.1 Å². The summed E-state index contributed by atoms with van der Waals surface area (Å²) < 4.78 is 0. The van der Waals surface area contributed by atoms with Crippen LogP contribution in [0.1, 0.15) is 48.9 Å². The molecule has 1 saturated carbocycles. The molecule has 0 radical (unpaired) electrons. The average Bonchev–Trinajstić information content (AvgIpc) is 2.62. The summed E-state index contributed by atoms with van der Waals surface area (Å²) in [4.78, 5) is 12.1. The topological polar surface area (TPSA) is 55.1 Å². The third-order valence-corrected chi connectivity index (χ3v) is 4.15. The molecule has 0 saturated heterocycles. The van der Waals surface area contributed by atoms with Crippen LogP contribution in [0.25, 0.3) is 0 Å². The van der Waals surface area contributed by atoms with E-state index in [2.05, 4.69) is 5.32 Å². The van der Waals surface area contributed by atoms with E-state index in [4.69, 9.17) is 17.3 Å². The van der Waals surface area contributed by atoms with Crippen molar-refractivity contribution in [2.75, 3.05) is 6.54 Å². The molecule has 1 fully saturated rings. The van der Waals surface area contributed by atoms with Gasteiger partial charge in [0.15, 0.2) is 0 Å². The van der Waals surface area contributed by atoms with Crippen LogP contribution in [0.5, 0.6) is 0 Å². The minimum absolute atomic E-state index is 0.139. The lowest BCUT2D eigenvalue weighted by Crippen LogP contribution is -2.49. The number of hydrogen-bond acceptors (Lipinski definition) is 2. The van der Waals surface area contributed by atoms with Crippen LogP contribution in [0.2, 0.25) is 5.02 Å². The Labute approximate surface area is 119 Å². The molecule has 2 rings (SSSR count). The quantitative estimate of drug-likeness (QED) is 0.836. The summed E-state index contributed by atoms with van der Waals surface area (Å²) in [5.41, 5.74) is 6.63. The average molecular weight is 281 g/mol. The van der Waals surface area contributed by atoms with E-state index in [-0.39, 0.29) is 11.4 Å². The zero-order valence-electron chi connectivity index (χ0n) is 11.1. The van der Waals surface area contributed by atoms with Gasteiger partial charge in [0.2, 0.25) is 0 Å². The Balaban J connectivity index is 1.94. The molecule has 0 aromatic heterocycles. The lowest BCUT2D eigenvalue weighted by molar-refractivity contribution is 0.0941. The van der Waals surface area contributed by atoms with Gasteiger partial charge < -0.3 is 11.1 Å². The van der Waals surface area contributed by atoms with Gasteiger partial charge in [0.25, 0.3) is 5.91 Å². The monoisotopic (exact) mass is 280 g/mol. The van der Waals surface area contributed by atoms with Crippen LogP contribution in [0, 0.1) is 0 Å². The SMILES string of the molecule is NC1(CNC(=O)c2ccccc2Cl)CCCCCC1. The first-order chi connectivity index (χ1) is 9.11. The van der Waals surface area contributed by atoms with Crippen molar-refractivity contribution in [1.29, 1.82) is 0 Å². The van der Waals surface area contributed by atoms with Crippen LogP contribution in [-0.4, -0.2) is 18.0 Å². The van der Waals surface area contributed by atoms with Crippen LogP contribution >= 0.6 is 11.6 Å². The van der Waals surface area contributed by atoms with Crippen molar-refractivity contribution in [3.8, 4) is 0 Å². The summed E-state index contributed by atoms with van der Waals surface area (Å²) >= 11 is 6.01. The van der Waals surface area contributed by atoms with Crippen molar-refractivity contribution in [1.82, 2.24) is 5.32 Å². The highest BCUT2D eigenvalue weighted by Gasteiger charge is 2.26. The lowest BCUT2D eigenvalue weighted by Gasteiger charge is -2.28. The summed E-state index contributed by atoms with van der Waals surface area (Å²) in [6, 6.07) is 7.08. The number of nitrogens with two attached hydrogens (primary N) is 1. The van der Waals surface area contributed by atoms with Gasteiger partial charge in [-0.1, -0.05) is 49.4 Å². The fourth-order valence-corrected chi connectivity index (χ4v) is 2.83. The number of benzene rings is 1. The van der Waals surface area contributed by atoms with Crippen LogP contribution in [0.15, 0.2) is 24.3 Å². The molecule has 1 aromatic carbocycles. The van der Waals surface area contributed by atoms with Crippen LogP contribution in [0.3, 0.4) is 0 Å². The second kappa shape index (κ2) is 6.40. The zero-order chi connectivity index (χ0) is 13.7. The van der Waals surface area contributed by atoms with Gasteiger partial charge in [-0.2, -0.15) is 0 Å². The number of halogens is 1. The van der Waals surface area contributed by atoms with Crippen molar-refractivity contribution >= 4 is 17.5 Å². The summed E-state index contributed by atoms with van der Waals surface area (Å²) in [5, 5.41) is 3.41. The number of carbonyl (C=O) groups is 1. The van der Waals surface area contributed by atoms with Crippen LogP contribution in [0.4, 0.5) is 0 Å². The molecule has 3 N–H and O–H groups in total. The van der Waals surface area contributed by atoms with Crippen molar-refractivity contribution in [2.24, 2.45) is 5.73 Å². The Kier molecular flexibility index (Phi) is 4.83. The van der Waals surface area contributed by atoms with Crippen molar-refractivity contribution in [3.63, 3.8) is 0 Å². The molecule has 0 atom stereocenters. The first-order valence-electron chi connectivity index (χ1n) is 6.92. The molecular weight excluding hydrogens is 260 g/mol. The van der Waals surface area contributed by atoms with Gasteiger partial charge in [-0.15, -0.1) is 0 Å². The van der Waals surface area contributed by atoms with E-state index in [0.717, 1.165) is 25.7 Å². The molecular formula is C15H21ClN2O. The summed E-state index contributed by atoms with van der Waals surface area (Å²) in [6.45, 7) is 0.525. The minimum Gasteiger partial charge on any atom is -0.350 e. The van der Waals surface area contributed by atoms with Crippen LogP contribution < -0.4 is 11.1 Å². The molecule has 1 aliphatic rings. The fraction of sp³-hybridized carbons (Fsp3) is 0.533. The van der Waals surface area contributed by atoms with Crippen LogP contribution in [-0.2, 0) is 0 Å². The van der Waals surface area contributed by atoms with Gasteiger partial charge in [0, 0.05) is 12.1 Å². The second-order valence-corrected chi connectivity index (χ2v) is 5.85. The number of rotatable bonds is 3. The molecule has 1 amide bonds. The Morgan fingerprint density at radius 3 is 2.47 bits per heavy atom. The Hall–Kier alpha value is -1.06. The Morgan fingerprint density at radius 1 is 1.21 bits per heavy atom. The highest BCUT2D eigenvalue weighted by atomic mass is 35.5. The van der Waals surface area contributed by atoms with Crippen molar-refractivity contribution < 1.29 is 4.79 Å². The molecule has 1 aromatic rings.